The van der Waals surface area contributed by atoms with E-state index < -0.39 is 4.92 Å². The molecule has 0 saturated heterocycles. The molecular weight excluding hydrogens is 244 g/mol. The number of nitro groups is 1. The average Bonchev–Trinajstić information content (AvgIpc) is 2.39. The smallest absolute Gasteiger partial charge is 0.277 e. The molecule has 0 unspecified atom stereocenters. The van der Waals surface area contributed by atoms with Gasteiger partial charge in [0.2, 0.25) is 0 Å². The second kappa shape index (κ2) is 5.34. The molecule has 0 aliphatic heterocycles. The minimum Gasteiger partial charge on any atom is -0.399 e. The number of aryl methyl sites for hydroxylation is 1. The van der Waals surface area contributed by atoms with Gasteiger partial charge in [-0.15, -0.1) is 0 Å². The maximum absolute atomic E-state index is 10.8. The molecule has 6 nitrogen and oxygen atoms in total. The Labute approximate surface area is 110 Å². The summed E-state index contributed by atoms with van der Waals surface area (Å²) in [6.07, 6.45) is 1.49. The third kappa shape index (κ3) is 3.19. The Hall–Kier alpha value is -2.63. The summed E-state index contributed by atoms with van der Waals surface area (Å²) >= 11 is 0. The van der Waals surface area contributed by atoms with Gasteiger partial charge < -0.3 is 11.1 Å². The molecule has 0 atom stereocenters. The zero-order chi connectivity index (χ0) is 13.8. The number of pyridine rings is 1. The lowest BCUT2D eigenvalue weighted by Crippen LogP contribution is -2.03. The van der Waals surface area contributed by atoms with Gasteiger partial charge in [-0.05, 0) is 24.6 Å². The first-order valence-electron chi connectivity index (χ1n) is 5.75. The molecular formula is C13H14N4O2. The Morgan fingerprint density at radius 3 is 2.68 bits per heavy atom. The second-order valence-corrected chi connectivity index (χ2v) is 4.21. The normalized spacial score (nSPS) is 10.2. The minimum absolute atomic E-state index is 0.0646. The van der Waals surface area contributed by atoms with Crippen LogP contribution in [0.25, 0.3) is 0 Å². The number of rotatable bonds is 4. The van der Waals surface area contributed by atoms with E-state index >= 15 is 0 Å². The van der Waals surface area contributed by atoms with Crippen molar-refractivity contribution < 1.29 is 4.92 Å². The molecule has 0 fully saturated rings. The molecule has 98 valence electrons. The summed E-state index contributed by atoms with van der Waals surface area (Å²) in [4.78, 5) is 14.5. The van der Waals surface area contributed by atoms with E-state index in [2.05, 4.69) is 10.3 Å². The van der Waals surface area contributed by atoms with Crippen LogP contribution < -0.4 is 11.1 Å². The summed E-state index contributed by atoms with van der Waals surface area (Å²) in [6, 6.07) is 8.84. The number of aromatic nitrogens is 1. The number of nitrogens with two attached hydrogens (primary N) is 1. The summed E-state index contributed by atoms with van der Waals surface area (Å²) in [6.45, 7) is 2.20. The third-order valence-corrected chi connectivity index (χ3v) is 2.72. The molecule has 0 aliphatic rings. The number of nitrogens with zero attached hydrogens (tertiary/aromatic N) is 2. The lowest BCUT2D eigenvalue weighted by molar-refractivity contribution is -0.385. The first-order chi connectivity index (χ1) is 9.06. The molecule has 1 aromatic heterocycles. The van der Waals surface area contributed by atoms with Crippen LogP contribution in [0, 0.1) is 17.0 Å². The zero-order valence-electron chi connectivity index (χ0n) is 10.5. The Kier molecular flexibility index (Phi) is 3.61. The first-order valence-corrected chi connectivity index (χ1v) is 5.75. The molecule has 0 amide bonds. The SMILES string of the molecule is Cc1cnc(NCc2ccc(N)cc2)cc1[N+](=O)[O-]. The molecule has 2 rings (SSSR count). The van der Waals surface area contributed by atoms with Gasteiger partial charge in [0.25, 0.3) is 5.69 Å². The van der Waals surface area contributed by atoms with Crippen molar-refractivity contribution in [2.75, 3.05) is 11.1 Å². The maximum atomic E-state index is 10.8. The summed E-state index contributed by atoms with van der Waals surface area (Å²) in [5.41, 5.74) is 7.93. The van der Waals surface area contributed by atoms with Crippen LogP contribution in [0.4, 0.5) is 17.2 Å². The molecule has 0 spiro atoms. The van der Waals surface area contributed by atoms with Crippen LogP contribution in [0.2, 0.25) is 0 Å². The van der Waals surface area contributed by atoms with Crippen molar-refractivity contribution in [3.63, 3.8) is 0 Å². The van der Waals surface area contributed by atoms with E-state index in [4.69, 9.17) is 5.73 Å². The maximum Gasteiger partial charge on any atom is 0.277 e. The number of nitrogens with one attached hydrogen (secondary N) is 1. The predicted octanol–water partition coefficient (Wildman–Crippen LogP) is 2.49. The van der Waals surface area contributed by atoms with Crippen molar-refractivity contribution in [2.45, 2.75) is 13.5 Å². The molecule has 0 aliphatic carbocycles. The Balaban J connectivity index is 2.09. The van der Waals surface area contributed by atoms with E-state index in [1.807, 2.05) is 24.3 Å². The summed E-state index contributed by atoms with van der Waals surface area (Å²) in [5.74, 6) is 0.481. The van der Waals surface area contributed by atoms with Gasteiger partial charge in [0.15, 0.2) is 0 Å². The second-order valence-electron chi connectivity index (χ2n) is 4.21. The van der Waals surface area contributed by atoms with Gasteiger partial charge in [0.05, 0.1) is 11.0 Å². The van der Waals surface area contributed by atoms with Crippen molar-refractivity contribution in [2.24, 2.45) is 0 Å². The molecule has 0 radical (unpaired) electrons. The van der Waals surface area contributed by atoms with Crippen molar-refractivity contribution in [1.82, 2.24) is 4.98 Å². The highest BCUT2D eigenvalue weighted by Crippen LogP contribution is 2.20. The number of hydrogen-bond acceptors (Lipinski definition) is 5. The molecule has 6 heteroatoms. The highest BCUT2D eigenvalue weighted by Gasteiger charge is 2.11. The fourth-order valence-electron chi connectivity index (χ4n) is 1.63. The summed E-state index contributed by atoms with van der Waals surface area (Å²) < 4.78 is 0. The minimum atomic E-state index is -0.411. The standard InChI is InChI=1S/C13H14N4O2/c1-9-7-15-13(6-12(9)17(18)19)16-8-10-2-4-11(14)5-3-10/h2-7H,8,14H2,1H3,(H,15,16). The van der Waals surface area contributed by atoms with E-state index in [9.17, 15) is 10.1 Å². The van der Waals surface area contributed by atoms with Crippen LogP contribution in [0.1, 0.15) is 11.1 Å². The van der Waals surface area contributed by atoms with E-state index in [1.54, 1.807) is 6.92 Å². The fourth-order valence-corrected chi connectivity index (χ4v) is 1.63. The average molecular weight is 258 g/mol. The third-order valence-electron chi connectivity index (χ3n) is 2.72. The van der Waals surface area contributed by atoms with Gasteiger partial charge in [0, 0.05) is 24.0 Å². The number of nitrogen functional groups attached to an aromatic ring is 1. The lowest BCUT2D eigenvalue weighted by atomic mass is 10.2. The van der Waals surface area contributed by atoms with Crippen LogP contribution in [-0.2, 0) is 6.54 Å². The van der Waals surface area contributed by atoms with E-state index in [1.165, 1.54) is 12.3 Å². The largest absolute Gasteiger partial charge is 0.399 e. The molecule has 1 aromatic carbocycles. The highest BCUT2D eigenvalue weighted by atomic mass is 16.6. The number of anilines is 2. The van der Waals surface area contributed by atoms with E-state index in [0.717, 1.165) is 5.56 Å². The zero-order valence-corrected chi connectivity index (χ0v) is 10.5. The van der Waals surface area contributed by atoms with Crippen molar-refractivity contribution in [3.05, 3.63) is 57.8 Å². The Morgan fingerprint density at radius 1 is 1.37 bits per heavy atom. The molecule has 0 bridgehead atoms. The van der Waals surface area contributed by atoms with Crippen LogP contribution in [0.15, 0.2) is 36.5 Å². The van der Waals surface area contributed by atoms with Crippen molar-refractivity contribution in [3.8, 4) is 0 Å². The summed E-state index contributed by atoms with van der Waals surface area (Å²) in [7, 11) is 0. The lowest BCUT2D eigenvalue weighted by Gasteiger charge is -2.06. The van der Waals surface area contributed by atoms with E-state index in [0.29, 0.717) is 23.6 Å². The quantitative estimate of drug-likeness (QED) is 0.499. The molecule has 0 saturated carbocycles. The first kappa shape index (κ1) is 12.8. The van der Waals surface area contributed by atoms with Gasteiger partial charge in [-0.1, -0.05) is 12.1 Å². The molecule has 1 heterocycles. The number of hydrogen-bond donors (Lipinski definition) is 2. The molecule has 19 heavy (non-hydrogen) atoms. The van der Waals surface area contributed by atoms with Crippen molar-refractivity contribution >= 4 is 17.2 Å². The van der Waals surface area contributed by atoms with E-state index in [-0.39, 0.29) is 5.69 Å². The molecule has 2 aromatic rings. The highest BCUT2D eigenvalue weighted by molar-refractivity contribution is 5.49. The topological polar surface area (TPSA) is 94.1 Å². The predicted molar refractivity (Wildman–Crippen MR) is 73.8 cm³/mol. The molecule has 3 N–H and O–H groups in total. The summed E-state index contributed by atoms with van der Waals surface area (Å²) in [5, 5.41) is 13.9. The van der Waals surface area contributed by atoms with Crippen LogP contribution in [0.5, 0.6) is 0 Å². The van der Waals surface area contributed by atoms with Gasteiger partial charge >= 0.3 is 0 Å². The van der Waals surface area contributed by atoms with Gasteiger partial charge in [-0.3, -0.25) is 10.1 Å². The van der Waals surface area contributed by atoms with Gasteiger partial charge in [-0.25, -0.2) is 4.98 Å². The Bertz CT molecular complexity index is 596. The van der Waals surface area contributed by atoms with Crippen LogP contribution in [-0.4, -0.2) is 9.91 Å². The van der Waals surface area contributed by atoms with Gasteiger partial charge in [-0.2, -0.15) is 0 Å². The van der Waals surface area contributed by atoms with Gasteiger partial charge in [0.1, 0.15) is 5.82 Å². The fraction of sp³-hybridized carbons (Fsp3) is 0.154. The van der Waals surface area contributed by atoms with Crippen molar-refractivity contribution in [1.29, 1.82) is 0 Å². The monoisotopic (exact) mass is 258 g/mol. The number of benzene rings is 1. The van der Waals surface area contributed by atoms with Crippen LogP contribution >= 0.6 is 0 Å². The van der Waals surface area contributed by atoms with Crippen LogP contribution in [0.3, 0.4) is 0 Å². The Morgan fingerprint density at radius 2 is 2.05 bits per heavy atom.